The quantitative estimate of drug-likeness (QED) is 0.439. The van der Waals surface area contributed by atoms with E-state index in [-0.39, 0.29) is 0 Å². The van der Waals surface area contributed by atoms with E-state index in [0.717, 1.165) is 5.57 Å². The molecule has 0 aliphatic heterocycles. The SMILES string of the molecule is C=C(C)CN=CC(N)=CN. The summed E-state index contributed by atoms with van der Waals surface area (Å²) in [5.41, 5.74) is 11.9. The lowest BCUT2D eigenvalue weighted by Crippen LogP contribution is -2.01. The molecule has 0 aromatic rings. The van der Waals surface area contributed by atoms with Crippen LogP contribution in [0.2, 0.25) is 0 Å². The van der Waals surface area contributed by atoms with Crippen molar-refractivity contribution in [1.29, 1.82) is 0 Å². The zero-order valence-corrected chi connectivity index (χ0v) is 6.17. The molecule has 0 aromatic carbocycles. The highest BCUT2D eigenvalue weighted by Crippen LogP contribution is 1.85. The van der Waals surface area contributed by atoms with E-state index in [0.29, 0.717) is 12.2 Å². The van der Waals surface area contributed by atoms with Crippen LogP contribution in [0.1, 0.15) is 6.92 Å². The van der Waals surface area contributed by atoms with Crippen LogP contribution >= 0.6 is 0 Å². The average Bonchev–Trinajstić information content (AvgIpc) is 1.87. The number of hydrogen-bond donors (Lipinski definition) is 2. The number of nitrogens with zero attached hydrogens (tertiary/aromatic N) is 1. The smallest absolute Gasteiger partial charge is 0.0653 e. The van der Waals surface area contributed by atoms with Gasteiger partial charge in [-0.2, -0.15) is 0 Å². The maximum atomic E-state index is 5.32. The molecular weight excluding hydrogens is 126 g/mol. The molecule has 0 rings (SSSR count). The second-order valence-electron chi connectivity index (χ2n) is 2.09. The van der Waals surface area contributed by atoms with Crippen molar-refractivity contribution in [3.63, 3.8) is 0 Å². The molecule has 0 unspecified atom stereocenters. The third-order valence-electron chi connectivity index (χ3n) is 0.794. The molecular formula is C7H13N3. The lowest BCUT2D eigenvalue weighted by molar-refractivity contribution is 1.15. The summed E-state index contributed by atoms with van der Waals surface area (Å²) < 4.78 is 0. The molecule has 0 spiro atoms. The number of hydrogen-bond acceptors (Lipinski definition) is 3. The Labute approximate surface area is 61.1 Å². The molecule has 0 atom stereocenters. The molecule has 0 saturated carbocycles. The molecule has 4 N–H and O–H groups in total. The fourth-order valence-corrected chi connectivity index (χ4v) is 0.350. The Bertz CT molecular complexity index is 168. The second kappa shape index (κ2) is 4.61. The summed E-state index contributed by atoms with van der Waals surface area (Å²) in [5.74, 6) is 0. The topological polar surface area (TPSA) is 64.4 Å². The first kappa shape index (κ1) is 8.75. The molecule has 56 valence electrons. The van der Waals surface area contributed by atoms with Gasteiger partial charge in [0, 0.05) is 12.4 Å². The van der Waals surface area contributed by atoms with E-state index in [9.17, 15) is 0 Å². The minimum absolute atomic E-state index is 0.473. The fourth-order valence-electron chi connectivity index (χ4n) is 0.350. The molecule has 0 radical (unpaired) electrons. The van der Waals surface area contributed by atoms with Crippen molar-refractivity contribution in [2.45, 2.75) is 6.92 Å². The maximum absolute atomic E-state index is 5.32. The van der Waals surface area contributed by atoms with E-state index in [1.165, 1.54) is 12.4 Å². The van der Waals surface area contributed by atoms with Crippen molar-refractivity contribution in [3.8, 4) is 0 Å². The molecule has 0 fully saturated rings. The predicted octanol–water partition coefficient (Wildman–Crippen LogP) is 0.392. The highest BCUT2D eigenvalue weighted by atomic mass is 14.7. The minimum Gasteiger partial charge on any atom is -0.403 e. The van der Waals surface area contributed by atoms with Crippen molar-refractivity contribution in [1.82, 2.24) is 0 Å². The van der Waals surface area contributed by atoms with Gasteiger partial charge in [-0.3, -0.25) is 4.99 Å². The van der Waals surface area contributed by atoms with E-state index in [1.807, 2.05) is 6.92 Å². The summed E-state index contributed by atoms with van der Waals surface area (Å²) in [6, 6.07) is 0. The van der Waals surface area contributed by atoms with Gasteiger partial charge in [-0.25, -0.2) is 0 Å². The van der Waals surface area contributed by atoms with Crippen LogP contribution in [0, 0.1) is 0 Å². The third kappa shape index (κ3) is 4.90. The van der Waals surface area contributed by atoms with Crippen LogP contribution in [0.25, 0.3) is 0 Å². The molecule has 3 heteroatoms. The van der Waals surface area contributed by atoms with Gasteiger partial charge in [0.25, 0.3) is 0 Å². The van der Waals surface area contributed by atoms with Gasteiger partial charge in [-0.05, 0) is 6.92 Å². The molecule has 0 aliphatic rings. The van der Waals surface area contributed by atoms with E-state index >= 15 is 0 Å². The molecule has 10 heavy (non-hydrogen) atoms. The summed E-state index contributed by atoms with van der Waals surface area (Å²) in [6.45, 7) is 6.18. The molecule has 0 aliphatic carbocycles. The van der Waals surface area contributed by atoms with Crippen molar-refractivity contribution in [2.24, 2.45) is 16.5 Å². The lowest BCUT2D eigenvalue weighted by Gasteiger charge is -1.90. The van der Waals surface area contributed by atoms with Crippen LogP contribution in [0.15, 0.2) is 29.0 Å². The largest absolute Gasteiger partial charge is 0.403 e. The summed E-state index contributed by atoms with van der Waals surface area (Å²) in [5, 5.41) is 0. The lowest BCUT2D eigenvalue weighted by atomic mass is 10.4. The van der Waals surface area contributed by atoms with E-state index < -0.39 is 0 Å². The van der Waals surface area contributed by atoms with Gasteiger partial charge in [0.05, 0.1) is 12.2 Å². The van der Waals surface area contributed by atoms with Gasteiger partial charge in [-0.15, -0.1) is 0 Å². The van der Waals surface area contributed by atoms with Crippen LogP contribution in [-0.4, -0.2) is 12.8 Å². The van der Waals surface area contributed by atoms with Crippen LogP contribution in [0.4, 0.5) is 0 Å². The Balaban J connectivity index is 3.67. The second-order valence-corrected chi connectivity index (χ2v) is 2.09. The first-order chi connectivity index (χ1) is 4.66. The number of nitrogens with two attached hydrogens (primary N) is 2. The first-order valence-corrected chi connectivity index (χ1v) is 2.98. The zero-order chi connectivity index (χ0) is 7.98. The van der Waals surface area contributed by atoms with Crippen LogP contribution < -0.4 is 11.5 Å². The third-order valence-corrected chi connectivity index (χ3v) is 0.794. The molecule has 0 amide bonds. The molecule has 0 saturated heterocycles. The van der Waals surface area contributed by atoms with Crippen molar-refractivity contribution in [3.05, 3.63) is 24.0 Å². The average molecular weight is 139 g/mol. The Kier molecular flexibility index (Phi) is 4.04. The minimum atomic E-state index is 0.473. The van der Waals surface area contributed by atoms with Gasteiger partial charge < -0.3 is 11.5 Å². The molecule has 0 heterocycles. The molecule has 0 aromatic heterocycles. The maximum Gasteiger partial charge on any atom is 0.0653 e. The van der Waals surface area contributed by atoms with Crippen molar-refractivity contribution < 1.29 is 0 Å². The summed E-state index contributed by atoms with van der Waals surface area (Å²) >= 11 is 0. The highest BCUT2D eigenvalue weighted by molar-refractivity contribution is 5.76. The van der Waals surface area contributed by atoms with Crippen molar-refractivity contribution >= 4 is 6.21 Å². The predicted molar refractivity (Wildman–Crippen MR) is 44.6 cm³/mol. The standard InChI is InChI=1S/C7H13N3/c1-6(2)4-10-5-7(9)3-8/h3,5H,1,4,8-9H2,2H3. The fraction of sp³-hybridized carbons (Fsp3) is 0.286. The van der Waals surface area contributed by atoms with Crippen LogP contribution in [-0.2, 0) is 0 Å². The monoisotopic (exact) mass is 139 g/mol. The van der Waals surface area contributed by atoms with Crippen molar-refractivity contribution in [2.75, 3.05) is 6.54 Å². The molecule has 0 bridgehead atoms. The van der Waals surface area contributed by atoms with Gasteiger partial charge in [0.1, 0.15) is 0 Å². The van der Waals surface area contributed by atoms with E-state index in [2.05, 4.69) is 11.6 Å². The van der Waals surface area contributed by atoms with Gasteiger partial charge in [-0.1, -0.05) is 12.2 Å². The van der Waals surface area contributed by atoms with Gasteiger partial charge >= 0.3 is 0 Å². The van der Waals surface area contributed by atoms with Crippen LogP contribution in [0.5, 0.6) is 0 Å². The van der Waals surface area contributed by atoms with Gasteiger partial charge in [0.15, 0.2) is 0 Å². The zero-order valence-electron chi connectivity index (χ0n) is 6.17. The van der Waals surface area contributed by atoms with Gasteiger partial charge in [0.2, 0.25) is 0 Å². The Morgan fingerprint density at radius 2 is 2.30 bits per heavy atom. The highest BCUT2D eigenvalue weighted by Gasteiger charge is 1.80. The van der Waals surface area contributed by atoms with E-state index in [1.54, 1.807) is 0 Å². The van der Waals surface area contributed by atoms with E-state index in [4.69, 9.17) is 11.5 Å². The Morgan fingerprint density at radius 1 is 1.70 bits per heavy atom. The molecule has 3 nitrogen and oxygen atoms in total. The number of rotatable bonds is 3. The van der Waals surface area contributed by atoms with Crippen LogP contribution in [0.3, 0.4) is 0 Å². The summed E-state index contributed by atoms with van der Waals surface area (Å²) in [4.78, 5) is 3.94. The number of allylic oxidation sites excluding steroid dienone is 1. The Hall–Kier alpha value is -1.25. The normalized spacial score (nSPS) is 12.3. The summed E-state index contributed by atoms with van der Waals surface area (Å²) in [7, 11) is 0. The Morgan fingerprint density at radius 3 is 2.70 bits per heavy atom. The number of aliphatic imine (C=N–C) groups is 1. The summed E-state index contributed by atoms with van der Waals surface area (Å²) in [6.07, 6.45) is 2.83. The first-order valence-electron chi connectivity index (χ1n) is 2.98.